The number of rotatable bonds is 3. The zero-order valence-corrected chi connectivity index (χ0v) is 17.9. The molecule has 2 heterocycles. The molecule has 0 amide bonds. The summed E-state index contributed by atoms with van der Waals surface area (Å²) in [6.07, 6.45) is 2.73. The third-order valence-corrected chi connectivity index (χ3v) is 7.47. The molecule has 3 aromatic rings. The van der Waals surface area contributed by atoms with Gasteiger partial charge in [-0.15, -0.1) is 0 Å². The second-order valence-corrected chi connectivity index (χ2v) is 9.56. The van der Waals surface area contributed by atoms with Gasteiger partial charge in [0.05, 0.1) is 27.5 Å². The van der Waals surface area contributed by atoms with E-state index in [1.807, 2.05) is 0 Å². The van der Waals surface area contributed by atoms with E-state index in [4.69, 9.17) is 34.8 Å². The molecule has 0 fully saturated rings. The first-order valence-corrected chi connectivity index (χ1v) is 11.2. The van der Waals surface area contributed by atoms with Gasteiger partial charge in [0, 0.05) is 11.6 Å². The zero-order valence-electron chi connectivity index (χ0n) is 14.8. The number of benzene rings is 2. The second-order valence-electron chi connectivity index (χ2n) is 6.47. The maximum atomic E-state index is 13.2. The first-order chi connectivity index (χ1) is 13.8. The average molecular weight is 471 g/mol. The minimum Gasteiger partial charge on any atom is -0.266 e. The largest absolute Gasteiger partial charge is 0.291 e. The van der Waals surface area contributed by atoms with E-state index in [0.717, 1.165) is 16.7 Å². The van der Waals surface area contributed by atoms with Crippen molar-refractivity contribution in [2.45, 2.75) is 17.7 Å². The van der Waals surface area contributed by atoms with Gasteiger partial charge in [0.15, 0.2) is 0 Å². The highest BCUT2D eigenvalue weighted by atomic mass is 35.5. The van der Waals surface area contributed by atoms with Crippen molar-refractivity contribution < 1.29 is 8.42 Å². The Hall–Kier alpha value is -2.06. The molecule has 0 spiro atoms. The van der Waals surface area contributed by atoms with Crippen LogP contribution in [0.2, 0.25) is 15.1 Å². The van der Waals surface area contributed by atoms with Gasteiger partial charge in [0.1, 0.15) is 5.02 Å². The second kappa shape index (κ2) is 7.65. The Balaban J connectivity index is 1.72. The number of nitrogens with zero attached hydrogens (tertiary/aromatic N) is 3. The highest BCUT2D eigenvalue weighted by molar-refractivity contribution is 7.92. The number of anilines is 1. The Morgan fingerprint density at radius 3 is 2.45 bits per heavy atom. The van der Waals surface area contributed by atoms with E-state index in [2.05, 4.69) is 5.10 Å². The van der Waals surface area contributed by atoms with Gasteiger partial charge in [-0.2, -0.15) is 9.78 Å². The monoisotopic (exact) mass is 469 g/mol. The van der Waals surface area contributed by atoms with Crippen LogP contribution in [0, 0.1) is 0 Å². The molecule has 0 unspecified atom stereocenters. The number of hydrogen-bond acceptors (Lipinski definition) is 4. The summed E-state index contributed by atoms with van der Waals surface area (Å²) in [4.78, 5) is 12.3. The summed E-state index contributed by atoms with van der Waals surface area (Å²) in [7, 11) is -3.78. The van der Waals surface area contributed by atoms with Crippen LogP contribution < -0.4 is 9.86 Å². The highest BCUT2D eigenvalue weighted by Crippen LogP contribution is 2.33. The molecule has 0 atom stereocenters. The number of fused-ring (bicyclic) bond motifs is 1. The SMILES string of the molecule is O=c1c(Cl)c(Cl)cnn1-c1ccc(S(=O)(=O)N2CCCc3cc(Cl)ccc32)cc1. The van der Waals surface area contributed by atoms with Crippen LogP contribution in [0.25, 0.3) is 5.69 Å². The topological polar surface area (TPSA) is 72.3 Å². The number of aromatic nitrogens is 2. The lowest BCUT2D eigenvalue weighted by Gasteiger charge is -2.30. The van der Waals surface area contributed by atoms with Crippen LogP contribution in [0.5, 0.6) is 0 Å². The van der Waals surface area contributed by atoms with Crippen LogP contribution in [-0.4, -0.2) is 24.7 Å². The molecule has 4 rings (SSSR count). The van der Waals surface area contributed by atoms with E-state index in [1.165, 1.54) is 34.8 Å². The molecule has 0 aliphatic carbocycles. The molecule has 10 heteroatoms. The Bertz CT molecular complexity index is 1260. The van der Waals surface area contributed by atoms with Crippen LogP contribution in [-0.2, 0) is 16.4 Å². The molecule has 1 aliphatic rings. The zero-order chi connectivity index (χ0) is 20.8. The molecule has 1 aliphatic heterocycles. The number of aryl methyl sites for hydroxylation is 1. The van der Waals surface area contributed by atoms with Crippen molar-refractivity contribution in [3.63, 3.8) is 0 Å². The van der Waals surface area contributed by atoms with Crippen molar-refractivity contribution in [2.24, 2.45) is 0 Å². The smallest absolute Gasteiger partial charge is 0.266 e. The summed E-state index contributed by atoms with van der Waals surface area (Å²) in [6, 6.07) is 11.1. The predicted octanol–water partition coefficient (Wildman–Crippen LogP) is 4.33. The Morgan fingerprint density at radius 1 is 1.00 bits per heavy atom. The normalized spacial score (nSPS) is 14.0. The molecule has 150 valence electrons. The molecule has 1 aromatic heterocycles. The first-order valence-electron chi connectivity index (χ1n) is 8.64. The van der Waals surface area contributed by atoms with Crippen molar-refractivity contribution in [3.05, 3.63) is 79.6 Å². The number of sulfonamides is 1. The molecule has 0 saturated heterocycles. The number of hydrogen-bond donors (Lipinski definition) is 0. The highest BCUT2D eigenvalue weighted by Gasteiger charge is 2.29. The van der Waals surface area contributed by atoms with Crippen molar-refractivity contribution in [3.8, 4) is 5.69 Å². The van der Waals surface area contributed by atoms with Crippen LogP contribution in [0.3, 0.4) is 0 Å². The lowest BCUT2D eigenvalue weighted by molar-refractivity contribution is 0.586. The summed E-state index contributed by atoms with van der Waals surface area (Å²) in [5.74, 6) is 0. The van der Waals surface area contributed by atoms with Gasteiger partial charge in [-0.1, -0.05) is 34.8 Å². The molecular weight excluding hydrogens is 457 g/mol. The van der Waals surface area contributed by atoms with Crippen LogP contribution in [0.15, 0.2) is 58.4 Å². The molecule has 0 bridgehead atoms. The minimum atomic E-state index is -3.78. The van der Waals surface area contributed by atoms with Crippen LogP contribution in [0.1, 0.15) is 12.0 Å². The van der Waals surface area contributed by atoms with Gasteiger partial charge in [-0.25, -0.2) is 8.42 Å². The predicted molar refractivity (Wildman–Crippen MR) is 114 cm³/mol. The van der Waals surface area contributed by atoms with Crippen molar-refractivity contribution in [1.29, 1.82) is 0 Å². The third-order valence-electron chi connectivity index (χ3n) is 4.66. The molecule has 0 N–H and O–H groups in total. The van der Waals surface area contributed by atoms with Gasteiger partial charge in [-0.05, 0) is 60.9 Å². The molecule has 0 radical (unpaired) electrons. The summed E-state index contributed by atoms with van der Waals surface area (Å²) in [5, 5.41) is 4.42. The van der Waals surface area contributed by atoms with Crippen molar-refractivity contribution in [2.75, 3.05) is 10.8 Å². The quantitative estimate of drug-likeness (QED) is 0.571. The maximum Gasteiger partial charge on any atom is 0.291 e. The van der Waals surface area contributed by atoms with E-state index in [-0.39, 0.29) is 14.9 Å². The van der Waals surface area contributed by atoms with E-state index in [9.17, 15) is 13.2 Å². The van der Waals surface area contributed by atoms with Crippen LogP contribution in [0.4, 0.5) is 5.69 Å². The molecule has 0 saturated carbocycles. The summed E-state index contributed by atoms with van der Waals surface area (Å²) >= 11 is 17.7. The fraction of sp³-hybridized carbons (Fsp3) is 0.158. The standard InChI is InChI=1S/C19H14Cl3N3O3S/c20-13-3-8-17-12(10-13)2-1-9-24(17)29(27,28)15-6-4-14(5-7-15)25-19(26)18(22)16(21)11-23-25/h3-8,10-11H,1-2,9H2. The maximum absolute atomic E-state index is 13.2. The van der Waals surface area contributed by atoms with E-state index >= 15 is 0 Å². The van der Waals surface area contributed by atoms with Gasteiger partial charge in [0.25, 0.3) is 15.6 Å². The lowest BCUT2D eigenvalue weighted by atomic mass is 10.0. The summed E-state index contributed by atoms with van der Waals surface area (Å²) in [5.41, 5.74) is 1.32. The molecule has 2 aromatic carbocycles. The number of halogens is 3. The van der Waals surface area contributed by atoms with Gasteiger partial charge >= 0.3 is 0 Å². The lowest BCUT2D eigenvalue weighted by Crippen LogP contribution is -2.35. The molecular formula is C19H14Cl3N3O3S. The third kappa shape index (κ3) is 3.64. The Labute approximate surface area is 182 Å². The summed E-state index contributed by atoms with van der Waals surface area (Å²) in [6.45, 7) is 0.381. The van der Waals surface area contributed by atoms with Gasteiger partial charge in [0.2, 0.25) is 0 Å². The molecule has 29 heavy (non-hydrogen) atoms. The van der Waals surface area contributed by atoms with E-state index in [0.29, 0.717) is 29.4 Å². The Kier molecular flexibility index (Phi) is 5.33. The fourth-order valence-corrected chi connectivity index (χ4v) is 5.25. The first kappa shape index (κ1) is 20.2. The van der Waals surface area contributed by atoms with Crippen molar-refractivity contribution >= 4 is 50.5 Å². The van der Waals surface area contributed by atoms with Crippen LogP contribution >= 0.6 is 34.8 Å². The van der Waals surface area contributed by atoms with Gasteiger partial charge in [-0.3, -0.25) is 9.10 Å². The average Bonchev–Trinajstić information content (AvgIpc) is 2.71. The van der Waals surface area contributed by atoms with Crippen molar-refractivity contribution in [1.82, 2.24) is 9.78 Å². The van der Waals surface area contributed by atoms with Gasteiger partial charge < -0.3 is 0 Å². The fourth-order valence-electron chi connectivity index (χ4n) is 3.26. The van der Waals surface area contributed by atoms with E-state index < -0.39 is 15.6 Å². The Morgan fingerprint density at radius 2 is 1.72 bits per heavy atom. The summed E-state index contributed by atoms with van der Waals surface area (Å²) < 4.78 is 28.9. The minimum absolute atomic E-state index is 0.0518. The molecule has 6 nitrogen and oxygen atoms in total. The van der Waals surface area contributed by atoms with E-state index in [1.54, 1.807) is 18.2 Å².